The van der Waals surface area contributed by atoms with Gasteiger partial charge in [0.25, 0.3) is 11.9 Å². The highest BCUT2D eigenvalue weighted by molar-refractivity contribution is 7.15. The molecule has 9 heteroatoms. The molecular formula is C24H18N4O4S. The maximum Gasteiger partial charge on any atom is 0.250 e. The van der Waals surface area contributed by atoms with Crippen LogP contribution in [0.5, 0.6) is 5.75 Å². The summed E-state index contributed by atoms with van der Waals surface area (Å²) < 4.78 is 12.6. The number of anilines is 1. The minimum Gasteiger partial charge on any atom is -0.496 e. The molecule has 0 atom stereocenters. The third-order valence-electron chi connectivity index (χ3n) is 5.07. The molecule has 2 aromatic carbocycles. The summed E-state index contributed by atoms with van der Waals surface area (Å²) in [7, 11) is 1.61. The summed E-state index contributed by atoms with van der Waals surface area (Å²) >= 11 is 1.40. The highest BCUT2D eigenvalue weighted by atomic mass is 32.1. The van der Waals surface area contributed by atoms with Crippen molar-refractivity contribution < 1.29 is 13.9 Å². The number of benzene rings is 2. The topological polar surface area (TPSA) is 98.7 Å². The molecule has 8 nitrogen and oxygen atoms in total. The first-order valence-corrected chi connectivity index (χ1v) is 10.9. The van der Waals surface area contributed by atoms with Gasteiger partial charge in [0, 0.05) is 17.0 Å². The third-order valence-corrected chi connectivity index (χ3v) is 5.88. The summed E-state index contributed by atoms with van der Waals surface area (Å²) in [6.45, 7) is 1.90. The molecule has 3 heterocycles. The van der Waals surface area contributed by atoms with Crippen molar-refractivity contribution in [1.29, 1.82) is 0 Å². The minimum absolute atomic E-state index is 0.161. The number of aryl methyl sites for hydroxylation is 1. The van der Waals surface area contributed by atoms with Crippen molar-refractivity contribution in [2.75, 3.05) is 12.4 Å². The van der Waals surface area contributed by atoms with E-state index in [-0.39, 0.29) is 16.9 Å². The van der Waals surface area contributed by atoms with Gasteiger partial charge in [-0.3, -0.25) is 14.9 Å². The van der Waals surface area contributed by atoms with E-state index < -0.39 is 5.91 Å². The van der Waals surface area contributed by atoms with E-state index in [9.17, 15) is 9.59 Å². The van der Waals surface area contributed by atoms with Crippen molar-refractivity contribution in [1.82, 2.24) is 14.6 Å². The van der Waals surface area contributed by atoms with Gasteiger partial charge < -0.3 is 9.15 Å². The van der Waals surface area contributed by atoms with E-state index in [0.29, 0.717) is 21.7 Å². The average molecular weight is 458 g/mol. The van der Waals surface area contributed by atoms with E-state index in [2.05, 4.69) is 15.4 Å². The molecule has 0 spiro atoms. The van der Waals surface area contributed by atoms with Crippen molar-refractivity contribution in [2.24, 2.45) is 0 Å². The zero-order valence-electron chi connectivity index (χ0n) is 17.7. The Morgan fingerprint density at radius 3 is 2.94 bits per heavy atom. The number of nitrogens with one attached hydrogen (secondary N) is 1. The van der Waals surface area contributed by atoms with Crippen LogP contribution in [0.15, 0.2) is 69.4 Å². The Labute approximate surface area is 191 Å². The molecule has 1 amide bonds. The second kappa shape index (κ2) is 8.36. The fraction of sp³-hybridized carbons (Fsp3) is 0.0833. The summed E-state index contributed by atoms with van der Waals surface area (Å²) in [4.78, 5) is 30.1. The Balaban J connectivity index is 1.38. The van der Waals surface area contributed by atoms with E-state index in [1.54, 1.807) is 23.8 Å². The average Bonchev–Trinajstić information content (AvgIpc) is 3.39. The van der Waals surface area contributed by atoms with Gasteiger partial charge in [-0.05, 0) is 37.3 Å². The molecule has 3 aromatic heterocycles. The van der Waals surface area contributed by atoms with E-state index in [1.807, 2.05) is 42.6 Å². The summed E-state index contributed by atoms with van der Waals surface area (Å²) in [6, 6.07) is 13.0. The van der Waals surface area contributed by atoms with Crippen LogP contribution < -0.4 is 15.5 Å². The van der Waals surface area contributed by atoms with Crippen molar-refractivity contribution in [3.8, 4) is 17.0 Å². The maximum atomic E-state index is 12.7. The number of carbonyl (C=O) groups is 1. The minimum atomic E-state index is -0.462. The van der Waals surface area contributed by atoms with Gasteiger partial charge >= 0.3 is 0 Å². The van der Waals surface area contributed by atoms with Gasteiger partial charge in [-0.15, -0.1) is 16.4 Å². The SMILES string of the molecule is COc1ccccc1-c1csc2nc(NC(=O)/C=C/c3coc4ccc(C)cc4c3=O)nn12. The molecular weight excluding hydrogens is 440 g/mol. The second-order valence-electron chi connectivity index (χ2n) is 7.29. The predicted molar refractivity (Wildman–Crippen MR) is 128 cm³/mol. The van der Waals surface area contributed by atoms with Crippen molar-refractivity contribution in [2.45, 2.75) is 6.92 Å². The van der Waals surface area contributed by atoms with Crippen LogP contribution in [0.2, 0.25) is 0 Å². The number of fused-ring (bicyclic) bond motifs is 2. The number of hydrogen-bond acceptors (Lipinski definition) is 7. The lowest BCUT2D eigenvalue weighted by Crippen LogP contribution is -2.10. The molecule has 0 aliphatic heterocycles. The van der Waals surface area contributed by atoms with Crippen LogP contribution >= 0.6 is 11.3 Å². The highest BCUT2D eigenvalue weighted by Gasteiger charge is 2.15. The quantitative estimate of drug-likeness (QED) is 0.389. The Bertz CT molecular complexity index is 1600. The highest BCUT2D eigenvalue weighted by Crippen LogP contribution is 2.32. The van der Waals surface area contributed by atoms with Gasteiger partial charge in [-0.2, -0.15) is 4.98 Å². The van der Waals surface area contributed by atoms with E-state index in [4.69, 9.17) is 9.15 Å². The lowest BCUT2D eigenvalue weighted by molar-refractivity contribution is -0.111. The monoisotopic (exact) mass is 458 g/mol. The number of nitrogens with zero attached hydrogens (tertiary/aromatic N) is 3. The molecule has 0 radical (unpaired) electrons. The number of thiazole rings is 1. The van der Waals surface area contributed by atoms with Crippen molar-refractivity contribution in [3.63, 3.8) is 0 Å². The summed E-state index contributed by atoms with van der Waals surface area (Å²) in [5.41, 5.74) is 3.20. The Morgan fingerprint density at radius 2 is 2.09 bits per heavy atom. The van der Waals surface area contributed by atoms with Crippen molar-refractivity contribution >= 4 is 45.2 Å². The van der Waals surface area contributed by atoms with Crippen LogP contribution in [0.25, 0.3) is 33.3 Å². The van der Waals surface area contributed by atoms with Crippen LogP contribution in [0.4, 0.5) is 5.95 Å². The zero-order valence-corrected chi connectivity index (χ0v) is 18.6. The third kappa shape index (κ3) is 3.90. The molecule has 33 heavy (non-hydrogen) atoms. The number of rotatable bonds is 5. The Kier molecular flexibility index (Phi) is 5.23. The number of methoxy groups -OCH3 is 1. The lowest BCUT2D eigenvalue weighted by atomic mass is 10.1. The van der Waals surface area contributed by atoms with E-state index >= 15 is 0 Å². The van der Waals surface area contributed by atoms with E-state index in [0.717, 1.165) is 16.8 Å². The molecule has 0 saturated carbocycles. The number of para-hydroxylation sites is 1. The van der Waals surface area contributed by atoms with Gasteiger partial charge in [0.1, 0.15) is 17.6 Å². The lowest BCUT2D eigenvalue weighted by Gasteiger charge is -2.06. The normalized spacial score (nSPS) is 11.5. The largest absolute Gasteiger partial charge is 0.496 e. The Hall–Kier alpha value is -4.24. The number of hydrogen-bond donors (Lipinski definition) is 1. The predicted octanol–water partition coefficient (Wildman–Crippen LogP) is 4.53. The van der Waals surface area contributed by atoms with Crippen LogP contribution in [0.3, 0.4) is 0 Å². The van der Waals surface area contributed by atoms with E-state index in [1.165, 1.54) is 29.8 Å². The number of amides is 1. The zero-order chi connectivity index (χ0) is 22.9. The molecule has 0 saturated heterocycles. The molecule has 0 bridgehead atoms. The molecule has 0 unspecified atom stereocenters. The van der Waals surface area contributed by atoms with Crippen LogP contribution in [0.1, 0.15) is 11.1 Å². The van der Waals surface area contributed by atoms with Crippen molar-refractivity contribution in [3.05, 3.63) is 81.5 Å². The van der Waals surface area contributed by atoms with Crippen LogP contribution in [-0.4, -0.2) is 27.6 Å². The summed E-state index contributed by atoms with van der Waals surface area (Å²) in [5, 5.41) is 9.44. The van der Waals surface area contributed by atoms with Gasteiger partial charge in [0.05, 0.1) is 23.8 Å². The fourth-order valence-electron chi connectivity index (χ4n) is 3.47. The van der Waals surface area contributed by atoms with Crippen LogP contribution in [0, 0.1) is 6.92 Å². The van der Waals surface area contributed by atoms with Crippen LogP contribution in [-0.2, 0) is 4.79 Å². The standard InChI is InChI=1S/C24H18N4O4S/c1-14-7-9-20-17(11-14)22(30)15(12-32-20)8-10-21(29)25-23-26-24-28(27-23)18(13-33-24)16-5-3-4-6-19(16)31-2/h3-13H,1-2H3,(H,25,27,29)/b10-8+. The first-order chi connectivity index (χ1) is 16.0. The van der Waals surface area contributed by atoms with Gasteiger partial charge in [-0.25, -0.2) is 4.52 Å². The number of carbonyl (C=O) groups excluding carboxylic acids is 1. The first kappa shape index (κ1) is 20.7. The maximum absolute atomic E-state index is 12.7. The fourth-order valence-corrected chi connectivity index (χ4v) is 4.29. The van der Waals surface area contributed by atoms with Gasteiger partial charge in [-0.1, -0.05) is 23.8 Å². The molecule has 164 valence electrons. The molecule has 1 N–H and O–H groups in total. The van der Waals surface area contributed by atoms with Gasteiger partial charge in [0.15, 0.2) is 5.43 Å². The second-order valence-corrected chi connectivity index (χ2v) is 8.13. The molecule has 0 fully saturated rings. The Morgan fingerprint density at radius 1 is 1.24 bits per heavy atom. The molecule has 5 aromatic rings. The number of aromatic nitrogens is 3. The molecule has 0 aliphatic carbocycles. The summed E-state index contributed by atoms with van der Waals surface area (Å²) in [6.07, 6.45) is 4.01. The smallest absolute Gasteiger partial charge is 0.250 e. The molecule has 0 aliphatic rings. The molecule has 5 rings (SSSR count). The number of ether oxygens (including phenoxy) is 1. The summed E-state index contributed by atoms with van der Waals surface area (Å²) in [5.74, 6) is 0.412. The first-order valence-electron chi connectivity index (χ1n) is 10.0. The van der Waals surface area contributed by atoms with Gasteiger partial charge in [0.2, 0.25) is 4.96 Å².